The van der Waals surface area contributed by atoms with Crippen molar-refractivity contribution in [3.05, 3.63) is 46.2 Å². The fourth-order valence-electron chi connectivity index (χ4n) is 3.33. The Hall–Kier alpha value is -1.86. The molecule has 2 aromatic rings. The minimum atomic E-state index is -3.23. The number of thiophene rings is 1. The van der Waals surface area contributed by atoms with Crippen LogP contribution < -0.4 is 9.62 Å². The molecular formula is C18H20N2O3S2. The number of hydrogen-bond donors (Lipinski definition) is 1. The highest BCUT2D eigenvalue weighted by Gasteiger charge is 2.52. The van der Waals surface area contributed by atoms with Gasteiger partial charge in [-0.25, -0.2) is 8.42 Å². The number of anilines is 2. The summed E-state index contributed by atoms with van der Waals surface area (Å²) in [5.74, 6) is 0.184. The number of nitrogens with one attached hydrogen (secondary N) is 1. The normalized spacial score (nSPS) is 20.4. The average molecular weight is 377 g/mol. The first-order valence-corrected chi connectivity index (χ1v) is 10.9. The van der Waals surface area contributed by atoms with Crippen LogP contribution in [0.2, 0.25) is 0 Å². The second-order valence-corrected chi connectivity index (χ2v) is 9.71. The Morgan fingerprint density at radius 1 is 1.28 bits per heavy atom. The molecule has 1 aliphatic carbocycles. The first-order chi connectivity index (χ1) is 11.9. The Morgan fingerprint density at radius 3 is 2.68 bits per heavy atom. The third-order valence-corrected chi connectivity index (χ3v) is 7.98. The van der Waals surface area contributed by atoms with E-state index < -0.39 is 15.4 Å². The van der Waals surface area contributed by atoms with Crippen molar-refractivity contribution in [1.82, 2.24) is 0 Å². The average Bonchev–Trinajstić information content (AvgIpc) is 3.03. The molecule has 7 heteroatoms. The van der Waals surface area contributed by atoms with E-state index in [-0.39, 0.29) is 11.7 Å². The van der Waals surface area contributed by atoms with Gasteiger partial charge in [0.2, 0.25) is 15.9 Å². The Bertz CT molecular complexity index is 916. The van der Waals surface area contributed by atoms with Crippen molar-refractivity contribution in [3.8, 4) is 0 Å². The molecule has 0 unspecified atom stereocenters. The van der Waals surface area contributed by atoms with Crippen LogP contribution in [-0.2, 0) is 20.2 Å². The lowest BCUT2D eigenvalue weighted by Gasteiger charge is -2.20. The van der Waals surface area contributed by atoms with E-state index in [1.807, 2.05) is 30.5 Å². The highest BCUT2D eigenvalue weighted by atomic mass is 32.2. The van der Waals surface area contributed by atoms with Crippen molar-refractivity contribution in [2.75, 3.05) is 21.9 Å². The number of amides is 1. The van der Waals surface area contributed by atoms with E-state index in [0.29, 0.717) is 24.3 Å². The van der Waals surface area contributed by atoms with Crippen LogP contribution in [0.4, 0.5) is 11.4 Å². The van der Waals surface area contributed by atoms with Gasteiger partial charge in [0.05, 0.1) is 16.9 Å². The van der Waals surface area contributed by atoms with Crippen LogP contribution in [-0.4, -0.2) is 26.6 Å². The van der Waals surface area contributed by atoms with Gasteiger partial charge in [0.25, 0.3) is 0 Å². The summed E-state index contributed by atoms with van der Waals surface area (Å²) in [6.07, 6.45) is 2.36. The van der Waals surface area contributed by atoms with Crippen LogP contribution in [0.25, 0.3) is 0 Å². The molecule has 0 radical (unpaired) electrons. The van der Waals surface area contributed by atoms with Crippen molar-refractivity contribution in [2.24, 2.45) is 0 Å². The molecule has 1 N–H and O–H groups in total. The number of sulfonamides is 1. The molecule has 0 spiro atoms. The minimum Gasteiger partial charge on any atom is -0.325 e. The van der Waals surface area contributed by atoms with Crippen LogP contribution in [0.1, 0.15) is 29.7 Å². The van der Waals surface area contributed by atoms with Crippen molar-refractivity contribution < 1.29 is 13.2 Å². The molecule has 25 heavy (non-hydrogen) atoms. The number of carbonyl (C=O) groups is 1. The van der Waals surface area contributed by atoms with Gasteiger partial charge in [-0.05, 0) is 55.3 Å². The van der Waals surface area contributed by atoms with Crippen LogP contribution in [0.15, 0.2) is 35.7 Å². The summed E-state index contributed by atoms with van der Waals surface area (Å²) in [7, 11) is -3.23. The maximum absolute atomic E-state index is 12.9. The lowest BCUT2D eigenvalue weighted by Crippen LogP contribution is -2.28. The van der Waals surface area contributed by atoms with Gasteiger partial charge in [-0.2, -0.15) is 0 Å². The van der Waals surface area contributed by atoms with Gasteiger partial charge in [0.15, 0.2) is 0 Å². The van der Waals surface area contributed by atoms with E-state index in [1.165, 1.54) is 4.31 Å². The summed E-state index contributed by atoms with van der Waals surface area (Å²) in [4.78, 5) is 14.0. The maximum Gasteiger partial charge on any atom is 0.235 e. The molecule has 2 heterocycles. The van der Waals surface area contributed by atoms with Gasteiger partial charge in [-0.15, -0.1) is 11.3 Å². The zero-order valence-corrected chi connectivity index (χ0v) is 15.6. The Kier molecular flexibility index (Phi) is 3.88. The molecule has 4 rings (SSSR count). The van der Waals surface area contributed by atoms with E-state index in [2.05, 4.69) is 5.32 Å². The second-order valence-electron chi connectivity index (χ2n) is 6.75. The molecule has 0 bridgehead atoms. The lowest BCUT2D eigenvalue weighted by molar-refractivity contribution is -0.118. The van der Waals surface area contributed by atoms with Crippen molar-refractivity contribution >= 4 is 38.6 Å². The van der Waals surface area contributed by atoms with Crippen molar-refractivity contribution in [2.45, 2.75) is 31.6 Å². The number of aryl methyl sites for hydroxylation is 1. The summed E-state index contributed by atoms with van der Waals surface area (Å²) in [6, 6.07) is 9.43. The maximum atomic E-state index is 12.9. The predicted molar refractivity (Wildman–Crippen MR) is 101 cm³/mol. The van der Waals surface area contributed by atoms with Gasteiger partial charge in [-0.1, -0.05) is 12.1 Å². The number of benzene rings is 1. The van der Waals surface area contributed by atoms with Gasteiger partial charge in [0, 0.05) is 17.1 Å². The van der Waals surface area contributed by atoms with E-state index >= 15 is 0 Å². The molecular weight excluding hydrogens is 356 g/mol. The molecule has 1 aromatic carbocycles. The van der Waals surface area contributed by atoms with E-state index in [4.69, 9.17) is 0 Å². The quantitative estimate of drug-likeness (QED) is 0.891. The van der Waals surface area contributed by atoms with E-state index in [9.17, 15) is 13.2 Å². The van der Waals surface area contributed by atoms with Crippen LogP contribution in [0.3, 0.4) is 0 Å². The number of hydrogen-bond acceptors (Lipinski definition) is 4. The van der Waals surface area contributed by atoms with Crippen LogP contribution >= 0.6 is 11.3 Å². The summed E-state index contributed by atoms with van der Waals surface area (Å²) in [6.45, 7) is 2.42. The molecule has 132 valence electrons. The molecule has 2 fully saturated rings. The zero-order valence-electron chi connectivity index (χ0n) is 14.0. The number of nitrogens with zero attached hydrogens (tertiary/aromatic N) is 1. The zero-order chi connectivity index (χ0) is 17.7. The van der Waals surface area contributed by atoms with E-state index in [1.54, 1.807) is 23.5 Å². The Balaban J connectivity index is 1.61. The van der Waals surface area contributed by atoms with Crippen molar-refractivity contribution in [3.63, 3.8) is 0 Å². The molecule has 1 aromatic heterocycles. The Morgan fingerprint density at radius 2 is 2.08 bits per heavy atom. The topological polar surface area (TPSA) is 66.5 Å². The third kappa shape index (κ3) is 2.85. The molecule has 2 aliphatic rings. The number of carbonyl (C=O) groups excluding carboxylic acids is 1. The highest BCUT2D eigenvalue weighted by molar-refractivity contribution is 7.93. The Labute approximate surface area is 151 Å². The van der Waals surface area contributed by atoms with Crippen LogP contribution in [0.5, 0.6) is 0 Å². The minimum absolute atomic E-state index is 0.000482. The monoisotopic (exact) mass is 376 g/mol. The summed E-state index contributed by atoms with van der Waals surface area (Å²) < 4.78 is 25.7. The molecule has 1 saturated heterocycles. The first-order valence-electron chi connectivity index (χ1n) is 8.39. The largest absolute Gasteiger partial charge is 0.325 e. The van der Waals surface area contributed by atoms with Gasteiger partial charge in [-0.3, -0.25) is 9.10 Å². The van der Waals surface area contributed by atoms with Crippen molar-refractivity contribution in [1.29, 1.82) is 0 Å². The predicted octanol–water partition coefficient (Wildman–Crippen LogP) is 3.27. The molecule has 1 aliphatic heterocycles. The smallest absolute Gasteiger partial charge is 0.235 e. The van der Waals surface area contributed by atoms with Crippen LogP contribution in [0, 0.1) is 6.92 Å². The summed E-state index contributed by atoms with van der Waals surface area (Å²) in [5, 5.41) is 5.03. The third-order valence-electron chi connectivity index (χ3n) is 5.03. The SMILES string of the molecule is Cc1ccc(N2CCCS2(=O)=O)cc1NC(=O)C1(c2cccs2)CC1. The van der Waals surface area contributed by atoms with Gasteiger partial charge in [0.1, 0.15) is 0 Å². The fourth-order valence-corrected chi connectivity index (χ4v) is 5.87. The van der Waals surface area contributed by atoms with E-state index in [0.717, 1.165) is 23.3 Å². The molecule has 0 atom stereocenters. The van der Waals surface area contributed by atoms with Gasteiger partial charge >= 0.3 is 0 Å². The second kappa shape index (κ2) is 5.85. The highest BCUT2D eigenvalue weighted by Crippen LogP contribution is 2.50. The molecule has 5 nitrogen and oxygen atoms in total. The standard InChI is InChI=1S/C18H20N2O3S2/c1-13-5-6-14(20-9-3-11-25(20,22)23)12-15(13)19-17(21)18(7-8-18)16-4-2-10-24-16/h2,4-6,10,12H,3,7-9,11H2,1H3,(H,19,21). The number of rotatable bonds is 4. The summed E-state index contributed by atoms with van der Waals surface area (Å²) in [5.41, 5.74) is 1.83. The summed E-state index contributed by atoms with van der Waals surface area (Å²) >= 11 is 1.61. The fraction of sp³-hybridized carbons (Fsp3) is 0.389. The lowest BCUT2D eigenvalue weighted by atomic mass is 10.0. The molecule has 1 saturated carbocycles. The van der Waals surface area contributed by atoms with Gasteiger partial charge < -0.3 is 5.32 Å². The molecule has 1 amide bonds. The first kappa shape index (κ1) is 16.6.